The molecule has 1 aliphatic heterocycles. The van der Waals surface area contributed by atoms with Crippen LogP contribution in [-0.4, -0.2) is 25.0 Å². The molecule has 5 rings (SSSR count). The van der Waals surface area contributed by atoms with Gasteiger partial charge in [-0.2, -0.15) is 0 Å². The first-order valence-electron chi connectivity index (χ1n) is 10.5. The van der Waals surface area contributed by atoms with Gasteiger partial charge in [-0.3, -0.25) is 9.78 Å². The molecule has 0 saturated heterocycles. The summed E-state index contributed by atoms with van der Waals surface area (Å²) in [5.74, 6) is 1.35. The van der Waals surface area contributed by atoms with Gasteiger partial charge < -0.3 is 14.8 Å². The first-order chi connectivity index (χ1) is 14.9. The van der Waals surface area contributed by atoms with Crippen LogP contribution in [0.2, 0.25) is 0 Å². The third kappa shape index (κ3) is 3.25. The lowest BCUT2D eigenvalue weighted by Crippen LogP contribution is -2.34. The Morgan fingerprint density at radius 3 is 2.48 bits per heavy atom. The lowest BCUT2D eigenvalue weighted by Gasteiger charge is -2.39. The van der Waals surface area contributed by atoms with Crippen molar-refractivity contribution < 1.29 is 14.3 Å². The van der Waals surface area contributed by atoms with Crippen molar-refractivity contribution in [2.45, 2.75) is 32.6 Å². The van der Waals surface area contributed by atoms with E-state index >= 15 is 0 Å². The van der Waals surface area contributed by atoms with E-state index < -0.39 is 0 Å². The minimum absolute atomic E-state index is 0.0772. The molecule has 5 nitrogen and oxygen atoms in total. The van der Waals surface area contributed by atoms with Crippen molar-refractivity contribution in [3.05, 3.63) is 71.1 Å². The van der Waals surface area contributed by atoms with E-state index in [-0.39, 0.29) is 17.1 Å². The molecule has 0 radical (unpaired) electrons. The van der Waals surface area contributed by atoms with Crippen LogP contribution in [0.3, 0.4) is 0 Å². The summed E-state index contributed by atoms with van der Waals surface area (Å²) in [6.07, 6.45) is 3.16. The predicted octanol–water partition coefficient (Wildman–Crippen LogP) is 5.45. The van der Waals surface area contributed by atoms with E-state index in [1.165, 1.54) is 0 Å². The Bertz CT molecular complexity index is 1220. The molecular formula is C26H26N2O3. The van der Waals surface area contributed by atoms with Crippen LogP contribution < -0.4 is 14.8 Å². The summed E-state index contributed by atoms with van der Waals surface area (Å²) in [6, 6.07) is 14.0. The smallest absolute Gasteiger partial charge is 0.162 e. The topological polar surface area (TPSA) is 60.5 Å². The zero-order valence-corrected chi connectivity index (χ0v) is 18.3. The largest absolute Gasteiger partial charge is 0.497 e. The molecular weight excluding hydrogens is 388 g/mol. The van der Waals surface area contributed by atoms with Crippen LogP contribution in [0.4, 0.5) is 5.69 Å². The van der Waals surface area contributed by atoms with Crippen molar-refractivity contribution in [2.75, 3.05) is 19.5 Å². The van der Waals surface area contributed by atoms with Gasteiger partial charge in [-0.05, 0) is 41.7 Å². The van der Waals surface area contributed by atoms with Crippen LogP contribution in [0.25, 0.3) is 10.9 Å². The molecule has 2 heterocycles. The van der Waals surface area contributed by atoms with Gasteiger partial charge >= 0.3 is 0 Å². The highest BCUT2D eigenvalue weighted by Crippen LogP contribution is 2.51. The van der Waals surface area contributed by atoms with Crippen molar-refractivity contribution in [3.8, 4) is 11.5 Å². The highest BCUT2D eigenvalue weighted by atomic mass is 16.5. The molecule has 1 N–H and O–H groups in total. The van der Waals surface area contributed by atoms with Crippen LogP contribution in [0, 0.1) is 5.41 Å². The fraction of sp³-hybridized carbons (Fsp3) is 0.308. The molecule has 0 amide bonds. The van der Waals surface area contributed by atoms with Crippen LogP contribution in [0.15, 0.2) is 59.9 Å². The Hall–Kier alpha value is -3.34. The number of nitrogens with zero attached hydrogens (tertiary/aromatic N) is 1. The number of nitrogens with one attached hydrogen (secondary N) is 1. The van der Waals surface area contributed by atoms with Crippen LogP contribution in [0.5, 0.6) is 11.5 Å². The van der Waals surface area contributed by atoms with E-state index in [1.807, 2.05) is 30.5 Å². The molecule has 0 bridgehead atoms. The standard InChI is InChI=1S/C26H26N2O3/c1-26(2)13-20-23(21(29)14-26)22(16-10-17(30-3)12-18(11-16)31-4)24-19(28-20)8-7-15-6-5-9-27-25(15)24/h5-12,22,28H,13-14H2,1-4H3. The number of hydrogen-bond donors (Lipinski definition) is 1. The third-order valence-corrected chi connectivity index (χ3v) is 6.30. The summed E-state index contributed by atoms with van der Waals surface area (Å²) in [6.45, 7) is 4.30. The molecule has 1 aromatic heterocycles. The second-order valence-electron chi connectivity index (χ2n) is 9.14. The van der Waals surface area contributed by atoms with Crippen LogP contribution in [-0.2, 0) is 4.79 Å². The molecule has 5 heteroatoms. The molecule has 0 saturated carbocycles. The number of aromatic nitrogens is 1. The summed E-state index contributed by atoms with van der Waals surface area (Å²) >= 11 is 0. The first-order valence-corrected chi connectivity index (χ1v) is 10.5. The molecule has 0 fully saturated rings. The van der Waals surface area contributed by atoms with Gasteiger partial charge in [0.2, 0.25) is 0 Å². The number of rotatable bonds is 3. The average molecular weight is 415 g/mol. The zero-order valence-electron chi connectivity index (χ0n) is 18.3. The van der Waals surface area contributed by atoms with E-state index in [0.29, 0.717) is 17.9 Å². The van der Waals surface area contributed by atoms with Crippen molar-refractivity contribution in [1.29, 1.82) is 0 Å². The second kappa shape index (κ2) is 7.12. The summed E-state index contributed by atoms with van der Waals surface area (Å²) in [5, 5.41) is 4.64. The number of methoxy groups -OCH3 is 2. The summed E-state index contributed by atoms with van der Waals surface area (Å²) < 4.78 is 11.1. The maximum absolute atomic E-state index is 13.5. The fourth-order valence-electron chi connectivity index (χ4n) is 4.99. The van der Waals surface area contributed by atoms with E-state index in [0.717, 1.165) is 45.4 Å². The quantitative estimate of drug-likeness (QED) is 0.617. The van der Waals surface area contributed by atoms with Gasteiger partial charge in [-0.1, -0.05) is 26.0 Å². The normalized spacial score (nSPS) is 19.5. The predicted molar refractivity (Wildman–Crippen MR) is 122 cm³/mol. The second-order valence-corrected chi connectivity index (χ2v) is 9.14. The fourth-order valence-corrected chi connectivity index (χ4v) is 4.99. The molecule has 2 aromatic carbocycles. The number of benzene rings is 2. The Kier molecular flexibility index (Phi) is 4.50. The third-order valence-electron chi connectivity index (χ3n) is 6.30. The van der Waals surface area contributed by atoms with Crippen LogP contribution in [0.1, 0.15) is 43.7 Å². The highest BCUT2D eigenvalue weighted by Gasteiger charge is 2.41. The Labute approximate surface area is 182 Å². The maximum Gasteiger partial charge on any atom is 0.162 e. The minimum Gasteiger partial charge on any atom is -0.497 e. The number of anilines is 1. The lowest BCUT2D eigenvalue weighted by molar-refractivity contribution is -0.118. The van der Waals surface area contributed by atoms with Crippen molar-refractivity contribution in [1.82, 2.24) is 4.98 Å². The molecule has 0 spiro atoms. The molecule has 2 aliphatic rings. The number of hydrogen-bond acceptors (Lipinski definition) is 5. The number of pyridine rings is 1. The van der Waals surface area contributed by atoms with Gasteiger partial charge in [0.25, 0.3) is 0 Å². The van der Waals surface area contributed by atoms with Gasteiger partial charge in [-0.25, -0.2) is 0 Å². The van der Waals surface area contributed by atoms with E-state index in [4.69, 9.17) is 14.5 Å². The highest BCUT2D eigenvalue weighted by molar-refractivity contribution is 6.03. The van der Waals surface area contributed by atoms with Crippen molar-refractivity contribution in [2.24, 2.45) is 5.41 Å². The molecule has 1 aliphatic carbocycles. The van der Waals surface area contributed by atoms with Crippen LogP contribution >= 0.6 is 0 Å². The molecule has 1 atom stereocenters. The maximum atomic E-state index is 13.5. The SMILES string of the molecule is COc1cc(OC)cc(C2C3=C(CC(C)(C)CC3=O)Nc3ccc4cccnc4c32)c1. The van der Waals surface area contributed by atoms with Gasteiger partial charge in [0, 0.05) is 52.5 Å². The number of carbonyl (C=O) groups excluding carboxylic acids is 1. The number of fused-ring (bicyclic) bond motifs is 3. The van der Waals surface area contributed by atoms with Crippen molar-refractivity contribution >= 4 is 22.4 Å². The Morgan fingerprint density at radius 2 is 1.77 bits per heavy atom. The van der Waals surface area contributed by atoms with Gasteiger partial charge in [0.15, 0.2) is 5.78 Å². The first kappa shape index (κ1) is 19.6. The van der Waals surface area contributed by atoms with Gasteiger partial charge in [-0.15, -0.1) is 0 Å². The van der Waals surface area contributed by atoms with E-state index in [1.54, 1.807) is 14.2 Å². The van der Waals surface area contributed by atoms with Crippen molar-refractivity contribution in [3.63, 3.8) is 0 Å². The van der Waals surface area contributed by atoms with E-state index in [9.17, 15) is 4.79 Å². The number of ketones is 1. The Balaban J connectivity index is 1.83. The zero-order chi connectivity index (χ0) is 21.8. The number of carbonyl (C=O) groups is 1. The molecule has 158 valence electrons. The summed E-state index contributed by atoms with van der Waals surface area (Å²) in [4.78, 5) is 18.2. The Morgan fingerprint density at radius 1 is 1.03 bits per heavy atom. The molecule has 31 heavy (non-hydrogen) atoms. The molecule has 1 unspecified atom stereocenters. The minimum atomic E-state index is -0.238. The molecule has 3 aromatic rings. The van der Waals surface area contributed by atoms with Gasteiger partial charge in [0.1, 0.15) is 11.5 Å². The summed E-state index contributed by atoms with van der Waals surface area (Å²) in [5.41, 5.74) is 5.67. The number of ether oxygens (including phenoxy) is 2. The van der Waals surface area contributed by atoms with E-state index in [2.05, 4.69) is 37.4 Å². The summed E-state index contributed by atoms with van der Waals surface area (Å²) in [7, 11) is 3.29. The average Bonchev–Trinajstić information content (AvgIpc) is 2.76. The monoisotopic (exact) mass is 414 g/mol. The lowest BCUT2D eigenvalue weighted by atomic mass is 9.68. The van der Waals surface area contributed by atoms with Gasteiger partial charge in [0.05, 0.1) is 19.7 Å². The number of Topliss-reactive ketones (excluding diaryl/α,β-unsaturated/α-hetero) is 1. The number of allylic oxidation sites excluding steroid dienone is 2.